The zero-order valence-corrected chi connectivity index (χ0v) is 10.4. The third-order valence-corrected chi connectivity index (χ3v) is 4.79. The molecular weight excluding hydrogens is 246 g/mol. The summed E-state index contributed by atoms with van der Waals surface area (Å²) < 4.78 is 23.7. The summed E-state index contributed by atoms with van der Waals surface area (Å²) in [6, 6.07) is 7.09. The van der Waals surface area contributed by atoms with Gasteiger partial charge in [-0.1, -0.05) is 29.8 Å². The van der Waals surface area contributed by atoms with Crippen molar-refractivity contribution >= 4 is 21.4 Å². The molecule has 88 valence electrons. The van der Waals surface area contributed by atoms with Crippen LogP contribution in [0.1, 0.15) is 5.56 Å². The molecule has 0 amide bonds. The van der Waals surface area contributed by atoms with Gasteiger partial charge in [-0.25, -0.2) is 8.42 Å². The molecule has 1 aromatic carbocycles. The molecule has 0 bridgehead atoms. The van der Waals surface area contributed by atoms with Gasteiger partial charge < -0.3 is 5.32 Å². The second kappa shape index (κ2) is 4.73. The third kappa shape index (κ3) is 2.97. The average Bonchev–Trinajstić information content (AvgIpc) is 2.16. The summed E-state index contributed by atoms with van der Waals surface area (Å²) in [5.41, 5.74) is 0.691. The molecule has 16 heavy (non-hydrogen) atoms. The van der Waals surface area contributed by atoms with E-state index in [2.05, 4.69) is 5.32 Å². The minimum Gasteiger partial charge on any atom is -0.316 e. The van der Waals surface area contributed by atoms with Crippen LogP contribution in [0, 0.1) is 5.92 Å². The number of halogens is 1. The van der Waals surface area contributed by atoms with Crippen molar-refractivity contribution in [1.82, 2.24) is 5.32 Å². The number of hydrogen-bond donors (Lipinski definition) is 1. The largest absolute Gasteiger partial charge is 0.316 e. The van der Waals surface area contributed by atoms with Crippen molar-refractivity contribution in [3.8, 4) is 0 Å². The smallest absolute Gasteiger partial charge is 0.154 e. The lowest BCUT2D eigenvalue weighted by molar-refractivity contribution is 0.378. The van der Waals surface area contributed by atoms with E-state index in [9.17, 15) is 8.42 Å². The lowest BCUT2D eigenvalue weighted by atomic mass is 10.1. The molecular formula is C11H14ClNO2S. The third-order valence-electron chi connectivity index (χ3n) is 2.69. The minimum atomic E-state index is -3.04. The Morgan fingerprint density at radius 1 is 1.31 bits per heavy atom. The van der Waals surface area contributed by atoms with Crippen LogP contribution in [0.2, 0.25) is 5.02 Å². The van der Waals surface area contributed by atoms with Gasteiger partial charge in [-0.15, -0.1) is 0 Å². The summed E-state index contributed by atoms with van der Waals surface area (Å²) >= 11 is 5.94. The fraction of sp³-hybridized carbons (Fsp3) is 0.455. The van der Waals surface area contributed by atoms with Gasteiger partial charge in [-0.3, -0.25) is 0 Å². The topological polar surface area (TPSA) is 46.2 Å². The van der Waals surface area contributed by atoms with Gasteiger partial charge in [0.05, 0.1) is 11.5 Å². The van der Waals surface area contributed by atoms with Gasteiger partial charge in [0.1, 0.15) is 0 Å². The second-order valence-electron chi connectivity index (χ2n) is 4.17. The fourth-order valence-electron chi connectivity index (χ4n) is 1.74. The van der Waals surface area contributed by atoms with Crippen LogP contribution in [0.4, 0.5) is 0 Å². The number of nitrogens with one attached hydrogen (secondary N) is 1. The van der Waals surface area contributed by atoms with Gasteiger partial charge >= 0.3 is 0 Å². The van der Waals surface area contributed by atoms with Crippen molar-refractivity contribution in [3.05, 3.63) is 34.9 Å². The van der Waals surface area contributed by atoms with Gasteiger partial charge in [0.2, 0.25) is 0 Å². The molecule has 0 saturated carbocycles. The van der Waals surface area contributed by atoms with E-state index in [4.69, 9.17) is 11.6 Å². The normalized spacial score (nSPS) is 17.1. The SMILES string of the molecule is O=S(=O)(Cc1ccccc1Cl)CC1CNC1. The van der Waals surface area contributed by atoms with E-state index in [0.29, 0.717) is 10.6 Å². The summed E-state index contributed by atoms with van der Waals surface area (Å²) in [5, 5.41) is 3.59. The molecule has 0 aliphatic carbocycles. The molecule has 1 fully saturated rings. The molecule has 2 rings (SSSR count). The molecule has 1 aliphatic rings. The Labute approximate surface area is 101 Å². The Hall–Kier alpha value is -0.580. The van der Waals surface area contributed by atoms with Gasteiger partial charge in [0.25, 0.3) is 0 Å². The highest BCUT2D eigenvalue weighted by Crippen LogP contribution is 2.19. The van der Waals surface area contributed by atoms with Gasteiger partial charge in [-0.05, 0) is 17.5 Å². The lowest BCUT2D eigenvalue weighted by Crippen LogP contribution is -2.45. The number of rotatable bonds is 4. The van der Waals surface area contributed by atoms with Crippen molar-refractivity contribution in [3.63, 3.8) is 0 Å². The monoisotopic (exact) mass is 259 g/mol. The number of hydrogen-bond acceptors (Lipinski definition) is 3. The van der Waals surface area contributed by atoms with Gasteiger partial charge in [-0.2, -0.15) is 0 Å². The molecule has 1 aliphatic heterocycles. The van der Waals surface area contributed by atoms with Crippen LogP contribution >= 0.6 is 11.6 Å². The molecule has 0 unspecified atom stereocenters. The van der Waals surface area contributed by atoms with E-state index >= 15 is 0 Å². The molecule has 1 saturated heterocycles. The predicted molar refractivity (Wildman–Crippen MR) is 65.3 cm³/mol. The van der Waals surface area contributed by atoms with E-state index in [1.54, 1.807) is 18.2 Å². The van der Waals surface area contributed by atoms with E-state index in [0.717, 1.165) is 13.1 Å². The maximum absolute atomic E-state index is 11.9. The fourth-order valence-corrected chi connectivity index (χ4v) is 3.82. The minimum absolute atomic E-state index is 0.0448. The number of sulfone groups is 1. The summed E-state index contributed by atoms with van der Waals surface area (Å²) in [6.07, 6.45) is 0. The lowest BCUT2D eigenvalue weighted by Gasteiger charge is -2.26. The van der Waals surface area contributed by atoms with E-state index in [-0.39, 0.29) is 17.4 Å². The van der Waals surface area contributed by atoms with Gasteiger partial charge in [0, 0.05) is 18.1 Å². The molecule has 1 aromatic rings. The zero-order valence-electron chi connectivity index (χ0n) is 8.82. The molecule has 0 spiro atoms. The molecule has 0 radical (unpaired) electrons. The molecule has 3 nitrogen and oxygen atoms in total. The standard InChI is InChI=1S/C11H14ClNO2S/c12-11-4-2-1-3-10(11)8-16(14,15)7-9-5-13-6-9/h1-4,9,13H,5-8H2. The summed E-state index contributed by atoms with van der Waals surface area (Å²) in [7, 11) is -3.04. The summed E-state index contributed by atoms with van der Waals surface area (Å²) in [6.45, 7) is 1.61. The second-order valence-corrected chi connectivity index (χ2v) is 6.69. The van der Waals surface area contributed by atoms with Crippen LogP contribution < -0.4 is 5.32 Å². The Bertz CT molecular complexity index is 469. The number of benzene rings is 1. The highest BCUT2D eigenvalue weighted by atomic mass is 35.5. The van der Waals surface area contributed by atoms with Crippen LogP contribution in [0.25, 0.3) is 0 Å². The van der Waals surface area contributed by atoms with E-state index in [1.807, 2.05) is 6.07 Å². The van der Waals surface area contributed by atoms with Crippen molar-refractivity contribution in [2.75, 3.05) is 18.8 Å². The quantitative estimate of drug-likeness (QED) is 0.891. The average molecular weight is 260 g/mol. The van der Waals surface area contributed by atoms with Crippen LogP contribution in [0.3, 0.4) is 0 Å². The maximum Gasteiger partial charge on any atom is 0.154 e. The van der Waals surface area contributed by atoms with Crippen molar-refractivity contribution in [2.45, 2.75) is 5.75 Å². The molecule has 1 heterocycles. The summed E-state index contributed by atoms with van der Waals surface area (Å²) in [5.74, 6) is 0.571. The Kier molecular flexibility index (Phi) is 3.52. The Morgan fingerprint density at radius 2 is 2.00 bits per heavy atom. The first-order valence-corrected chi connectivity index (χ1v) is 7.41. The predicted octanol–water partition coefficient (Wildman–Crippen LogP) is 1.47. The van der Waals surface area contributed by atoms with Crippen molar-refractivity contribution in [2.24, 2.45) is 5.92 Å². The zero-order chi connectivity index (χ0) is 11.6. The van der Waals surface area contributed by atoms with Crippen LogP contribution in [0.5, 0.6) is 0 Å². The van der Waals surface area contributed by atoms with Crippen LogP contribution in [0.15, 0.2) is 24.3 Å². The first-order valence-electron chi connectivity index (χ1n) is 5.21. The first kappa shape index (κ1) is 11.9. The highest BCUT2D eigenvalue weighted by Gasteiger charge is 2.24. The van der Waals surface area contributed by atoms with E-state index in [1.165, 1.54) is 0 Å². The maximum atomic E-state index is 11.9. The van der Waals surface area contributed by atoms with Gasteiger partial charge in [0.15, 0.2) is 9.84 Å². The highest BCUT2D eigenvalue weighted by molar-refractivity contribution is 7.90. The first-order chi connectivity index (χ1) is 7.57. The molecule has 5 heteroatoms. The Morgan fingerprint density at radius 3 is 2.56 bits per heavy atom. The molecule has 0 atom stereocenters. The molecule has 0 aromatic heterocycles. The Balaban J connectivity index is 2.05. The van der Waals surface area contributed by atoms with E-state index < -0.39 is 9.84 Å². The van der Waals surface area contributed by atoms with Crippen LogP contribution in [-0.2, 0) is 15.6 Å². The summed E-state index contributed by atoms with van der Waals surface area (Å²) in [4.78, 5) is 0. The molecule has 1 N–H and O–H groups in total. The van der Waals surface area contributed by atoms with Crippen LogP contribution in [-0.4, -0.2) is 27.3 Å². The van der Waals surface area contributed by atoms with Crippen molar-refractivity contribution in [1.29, 1.82) is 0 Å². The van der Waals surface area contributed by atoms with Crippen molar-refractivity contribution < 1.29 is 8.42 Å².